The molecule has 1 aromatic heterocycles. The number of ether oxygens (including phenoxy) is 1. The molecule has 0 radical (unpaired) electrons. The molecule has 1 amide bonds. The Labute approximate surface area is 198 Å². The Hall–Kier alpha value is -3.01. The number of sulfonamides is 1. The summed E-state index contributed by atoms with van der Waals surface area (Å²) in [5, 5.41) is 0. The van der Waals surface area contributed by atoms with Crippen molar-refractivity contribution in [2.24, 2.45) is 4.99 Å². The van der Waals surface area contributed by atoms with Crippen LogP contribution in [-0.2, 0) is 16.6 Å². The highest BCUT2D eigenvalue weighted by molar-refractivity contribution is 7.89. The molecular formula is C24H27N3O4S2. The third kappa shape index (κ3) is 5.16. The molecule has 3 rings (SSSR count). The maximum absolute atomic E-state index is 12.9. The highest BCUT2D eigenvalue weighted by Crippen LogP contribution is 2.27. The predicted molar refractivity (Wildman–Crippen MR) is 132 cm³/mol. The highest BCUT2D eigenvalue weighted by Gasteiger charge is 2.22. The minimum absolute atomic E-state index is 0.0930. The van der Waals surface area contributed by atoms with Crippen molar-refractivity contribution < 1.29 is 17.9 Å². The van der Waals surface area contributed by atoms with Gasteiger partial charge in [0.15, 0.2) is 4.80 Å². The van der Waals surface area contributed by atoms with Gasteiger partial charge in [0.25, 0.3) is 5.91 Å². The van der Waals surface area contributed by atoms with Crippen LogP contribution in [-0.4, -0.2) is 43.4 Å². The first kappa shape index (κ1) is 24.6. The van der Waals surface area contributed by atoms with E-state index in [0.717, 1.165) is 22.4 Å². The Bertz CT molecular complexity index is 1330. The summed E-state index contributed by atoms with van der Waals surface area (Å²) in [6.45, 7) is 10.3. The van der Waals surface area contributed by atoms with Crippen molar-refractivity contribution in [3.8, 4) is 5.75 Å². The van der Waals surface area contributed by atoms with Crippen LogP contribution >= 0.6 is 11.3 Å². The van der Waals surface area contributed by atoms with Gasteiger partial charge >= 0.3 is 0 Å². The van der Waals surface area contributed by atoms with Crippen LogP contribution < -0.4 is 9.54 Å². The number of fused-ring (bicyclic) bond motifs is 1. The van der Waals surface area contributed by atoms with Crippen LogP contribution in [0.25, 0.3) is 10.2 Å². The lowest BCUT2D eigenvalue weighted by Gasteiger charge is -2.19. The molecule has 0 unspecified atom stereocenters. The van der Waals surface area contributed by atoms with Gasteiger partial charge in [-0.1, -0.05) is 36.5 Å². The summed E-state index contributed by atoms with van der Waals surface area (Å²) in [5.41, 5.74) is 1.21. The summed E-state index contributed by atoms with van der Waals surface area (Å²) >= 11 is 1.41. The van der Waals surface area contributed by atoms with Gasteiger partial charge in [-0.3, -0.25) is 4.79 Å². The molecule has 7 nitrogen and oxygen atoms in total. The molecule has 2 aromatic carbocycles. The summed E-state index contributed by atoms with van der Waals surface area (Å²) in [7, 11) is -2.12. The number of rotatable bonds is 10. The summed E-state index contributed by atoms with van der Waals surface area (Å²) in [6.07, 6.45) is 3.90. The first-order valence-electron chi connectivity index (χ1n) is 10.4. The lowest BCUT2D eigenvalue weighted by atomic mass is 10.2. The molecule has 9 heteroatoms. The van der Waals surface area contributed by atoms with Gasteiger partial charge in [0.2, 0.25) is 10.0 Å². The fraction of sp³-hybridized carbons (Fsp3) is 0.250. The highest BCUT2D eigenvalue weighted by atomic mass is 32.2. The van der Waals surface area contributed by atoms with Gasteiger partial charge in [-0.25, -0.2) is 8.42 Å². The number of carbonyl (C=O) groups is 1. The molecule has 3 aromatic rings. The van der Waals surface area contributed by atoms with Crippen LogP contribution in [0.2, 0.25) is 0 Å². The van der Waals surface area contributed by atoms with Gasteiger partial charge in [-0.05, 0) is 42.8 Å². The lowest BCUT2D eigenvalue weighted by Crippen LogP contribution is -2.31. The van der Waals surface area contributed by atoms with Crippen LogP contribution in [0.15, 0.2) is 77.7 Å². The molecule has 174 valence electrons. The molecule has 0 fully saturated rings. The van der Waals surface area contributed by atoms with E-state index >= 15 is 0 Å². The molecular weight excluding hydrogens is 458 g/mol. The second-order valence-electron chi connectivity index (χ2n) is 7.18. The predicted octanol–water partition coefficient (Wildman–Crippen LogP) is 4.23. The number of carbonyl (C=O) groups excluding carboxylic acids is 1. The minimum Gasteiger partial charge on any atom is -0.495 e. The van der Waals surface area contributed by atoms with Crippen molar-refractivity contribution in [3.63, 3.8) is 0 Å². The second kappa shape index (κ2) is 10.7. The summed E-state index contributed by atoms with van der Waals surface area (Å²) in [5.74, 6) is 0.285. The molecule has 0 saturated carbocycles. The fourth-order valence-electron chi connectivity index (χ4n) is 3.41. The van der Waals surface area contributed by atoms with E-state index in [1.54, 1.807) is 7.11 Å². The van der Waals surface area contributed by atoms with E-state index < -0.39 is 15.9 Å². The molecule has 0 atom stereocenters. The third-order valence-electron chi connectivity index (χ3n) is 4.93. The topological polar surface area (TPSA) is 81.0 Å². The molecule has 0 aliphatic carbocycles. The fourth-order valence-corrected chi connectivity index (χ4v) is 5.86. The molecule has 0 spiro atoms. The molecule has 0 aliphatic rings. The van der Waals surface area contributed by atoms with Gasteiger partial charge in [-0.15, -0.1) is 13.2 Å². The van der Waals surface area contributed by atoms with E-state index in [1.807, 2.05) is 22.8 Å². The smallest absolute Gasteiger partial charge is 0.279 e. The number of nitrogens with zero attached hydrogens (tertiary/aromatic N) is 3. The Morgan fingerprint density at radius 3 is 2.39 bits per heavy atom. The van der Waals surface area contributed by atoms with Crippen molar-refractivity contribution in [3.05, 3.63) is 78.1 Å². The van der Waals surface area contributed by atoms with Gasteiger partial charge in [0.1, 0.15) is 11.3 Å². The molecule has 33 heavy (non-hydrogen) atoms. The largest absolute Gasteiger partial charge is 0.495 e. The Kier molecular flexibility index (Phi) is 8.01. The number of hydrogen-bond donors (Lipinski definition) is 0. The number of hydrogen-bond acceptors (Lipinski definition) is 5. The minimum atomic E-state index is -3.73. The van der Waals surface area contributed by atoms with E-state index in [4.69, 9.17) is 4.74 Å². The monoisotopic (exact) mass is 485 g/mol. The number of amides is 1. The lowest BCUT2D eigenvalue weighted by molar-refractivity contribution is 0.0997. The standard InChI is InChI=1S/C24H27N3O4S2/c1-5-15-26(16-6-2)33(29,30)19-13-11-18(12-14-19)23(28)25-24-27(17-7-3)22-20(31-4)9-8-10-21(22)32-24/h5-6,8-14H,1-2,7,15-17H2,3-4H3. The van der Waals surface area contributed by atoms with Crippen LogP contribution in [0.4, 0.5) is 0 Å². The zero-order valence-corrected chi connectivity index (χ0v) is 20.4. The average molecular weight is 486 g/mol. The van der Waals surface area contributed by atoms with E-state index in [0.29, 0.717) is 16.9 Å². The first-order valence-corrected chi connectivity index (χ1v) is 12.7. The van der Waals surface area contributed by atoms with E-state index in [2.05, 4.69) is 25.1 Å². The SMILES string of the molecule is C=CCN(CC=C)S(=O)(=O)c1ccc(C(=O)N=c2sc3cccc(OC)c3n2CCC)cc1. The molecule has 0 saturated heterocycles. The number of thiazole rings is 1. The zero-order chi connectivity index (χ0) is 24.0. The summed E-state index contributed by atoms with van der Waals surface area (Å²) in [6, 6.07) is 11.6. The van der Waals surface area contributed by atoms with Crippen LogP contribution in [0, 0.1) is 0 Å². The number of para-hydroxylation sites is 1. The average Bonchev–Trinajstić information content (AvgIpc) is 3.16. The molecule has 0 bridgehead atoms. The molecule has 1 heterocycles. The Morgan fingerprint density at radius 1 is 1.15 bits per heavy atom. The van der Waals surface area contributed by atoms with Gasteiger partial charge in [0, 0.05) is 25.2 Å². The van der Waals surface area contributed by atoms with Crippen LogP contribution in [0.1, 0.15) is 23.7 Å². The van der Waals surface area contributed by atoms with Crippen molar-refractivity contribution in [2.45, 2.75) is 24.8 Å². The molecule has 0 N–H and O–H groups in total. The van der Waals surface area contributed by atoms with Crippen LogP contribution in [0.3, 0.4) is 0 Å². The van der Waals surface area contributed by atoms with E-state index in [-0.39, 0.29) is 18.0 Å². The van der Waals surface area contributed by atoms with E-state index in [9.17, 15) is 13.2 Å². The third-order valence-corrected chi connectivity index (χ3v) is 7.82. The summed E-state index contributed by atoms with van der Waals surface area (Å²) < 4.78 is 35.5. The van der Waals surface area contributed by atoms with E-state index in [1.165, 1.54) is 52.1 Å². The number of aryl methyl sites for hydroxylation is 1. The number of aromatic nitrogens is 1. The first-order chi connectivity index (χ1) is 15.9. The maximum atomic E-state index is 12.9. The van der Waals surface area contributed by atoms with Crippen molar-refractivity contribution in [1.82, 2.24) is 8.87 Å². The van der Waals surface area contributed by atoms with Gasteiger partial charge in [-0.2, -0.15) is 9.30 Å². The number of methoxy groups -OCH3 is 1. The van der Waals surface area contributed by atoms with Crippen molar-refractivity contribution in [2.75, 3.05) is 20.2 Å². The van der Waals surface area contributed by atoms with Crippen molar-refractivity contribution in [1.29, 1.82) is 0 Å². The van der Waals surface area contributed by atoms with Crippen molar-refractivity contribution >= 4 is 37.5 Å². The molecule has 0 aliphatic heterocycles. The van der Waals surface area contributed by atoms with Crippen LogP contribution in [0.5, 0.6) is 5.75 Å². The van der Waals surface area contributed by atoms with Gasteiger partial charge < -0.3 is 9.30 Å². The maximum Gasteiger partial charge on any atom is 0.279 e. The normalized spacial score (nSPS) is 12.3. The number of benzene rings is 2. The zero-order valence-electron chi connectivity index (χ0n) is 18.7. The second-order valence-corrected chi connectivity index (χ2v) is 10.1. The summed E-state index contributed by atoms with van der Waals surface area (Å²) in [4.78, 5) is 17.9. The Morgan fingerprint density at radius 2 is 1.82 bits per heavy atom. The Balaban J connectivity index is 1.99. The van der Waals surface area contributed by atoms with Gasteiger partial charge in [0.05, 0.1) is 16.7 Å². The quantitative estimate of drug-likeness (QED) is 0.403.